The van der Waals surface area contributed by atoms with Gasteiger partial charge in [0.15, 0.2) is 5.84 Å². The second-order valence-electron chi connectivity index (χ2n) is 4.10. The van der Waals surface area contributed by atoms with Gasteiger partial charge in [-0.05, 0) is 38.0 Å². The fourth-order valence-electron chi connectivity index (χ4n) is 2.21. The molecule has 3 rings (SSSR count). The Kier molecular flexibility index (Phi) is 1.52. The van der Waals surface area contributed by atoms with Crippen LogP contribution in [0, 0.1) is 6.92 Å². The van der Waals surface area contributed by atoms with Crippen molar-refractivity contribution in [2.24, 2.45) is 9.98 Å². The van der Waals surface area contributed by atoms with Crippen LogP contribution in [0.25, 0.3) is 5.57 Å². The van der Waals surface area contributed by atoms with Crippen LogP contribution >= 0.6 is 0 Å². The highest BCUT2D eigenvalue weighted by Gasteiger charge is 2.28. The third kappa shape index (κ3) is 0.990. The predicted molar refractivity (Wildman–Crippen MR) is 64.0 cm³/mol. The molecule has 74 valence electrons. The fraction of sp³-hybridized carbons (Fsp3) is 0.231. The lowest BCUT2D eigenvalue weighted by Crippen LogP contribution is -1.92. The molecular weight excluding hydrogens is 184 g/mol. The first-order valence-electron chi connectivity index (χ1n) is 5.14. The molecule has 0 atom stereocenters. The molecule has 0 unspecified atom stereocenters. The number of hydrogen-bond acceptors (Lipinski definition) is 2. The van der Waals surface area contributed by atoms with Gasteiger partial charge >= 0.3 is 0 Å². The summed E-state index contributed by atoms with van der Waals surface area (Å²) in [6.07, 6.45) is 0. The molecule has 0 aromatic heterocycles. The SMILES string of the molecule is CC1=NC2=Nc3cccc(C)c3C2=C1C. The van der Waals surface area contributed by atoms with Gasteiger partial charge in [-0.25, -0.2) is 9.98 Å². The van der Waals surface area contributed by atoms with Gasteiger partial charge in [0.1, 0.15) is 0 Å². The number of nitrogens with zero attached hydrogens (tertiary/aromatic N) is 2. The van der Waals surface area contributed by atoms with E-state index < -0.39 is 0 Å². The second-order valence-corrected chi connectivity index (χ2v) is 4.10. The first-order chi connectivity index (χ1) is 7.18. The predicted octanol–water partition coefficient (Wildman–Crippen LogP) is 3.29. The van der Waals surface area contributed by atoms with Crippen LogP contribution in [0.5, 0.6) is 0 Å². The molecule has 0 saturated carbocycles. The third-order valence-electron chi connectivity index (χ3n) is 3.14. The van der Waals surface area contributed by atoms with E-state index >= 15 is 0 Å². The molecule has 0 bridgehead atoms. The number of aryl methyl sites for hydroxylation is 1. The van der Waals surface area contributed by atoms with Gasteiger partial charge in [0.2, 0.25) is 0 Å². The fourth-order valence-corrected chi connectivity index (χ4v) is 2.21. The molecule has 2 aliphatic rings. The summed E-state index contributed by atoms with van der Waals surface area (Å²) in [4.78, 5) is 9.03. The molecule has 2 aliphatic heterocycles. The topological polar surface area (TPSA) is 24.7 Å². The Labute approximate surface area is 89.1 Å². The Morgan fingerprint density at radius 1 is 1.00 bits per heavy atom. The van der Waals surface area contributed by atoms with E-state index in [0.29, 0.717) is 0 Å². The van der Waals surface area contributed by atoms with E-state index in [1.54, 1.807) is 0 Å². The molecule has 0 spiro atoms. The molecule has 1 aromatic carbocycles. The molecule has 2 heterocycles. The normalized spacial score (nSPS) is 17.5. The molecule has 2 heteroatoms. The second kappa shape index (κ2) is 2.66. The van der Waals surface area contributed by atoms with Crippen LogP contribution in [-0.4, -0.2) is 11.5 Å². The van der Waals surface area contributed by atoms with E-state index in [1.807, 2.05) is 13.0 Å². The minimum absolute atomic E-state index is 0.898. The summed E-state index contributed by atoms with van der Waals surface area (Å²) >= 11 is 0. The third-order valence-corrected chi connectivity index (χ3v) is 3.14. The van der Waals surface area contributed by atoms with Crippen molar-refractivity contribution in [3.63, 3.8) is 0 Å². The maximum Gasteiger partial charge on any atom is 0.161 e. The number of aliphatic imine (C=N–C) groups is 2. The van der Waals surface area contributed by atoms with Crippen LogP contribution in [0.1, 0.15) is 25.0 Å². The van der Waals surface area contributed by atoms with Gasteiger partial charge in [-0.3, -0.25) is 0 Å². The zero-order chi connectivity index (χ0) is 10.6. The quantitative estimate of drug-likeness (QED) is 0.608. The first-order valence-corrected chi connectivity index (χ1v) is 5.14. The van der Waals surface area contributed by atoms with Crippen molar-refractivity contribution in [2.75, 3.05) is 0 Å². The minimum Gasteiger partial charge on any atom is -0.233 e. The average molecular weight is 196 g/mol. The van der Waals surface area contributed by atoms with E-state index in [0.717, 1.165) is 17.2 Å². The number of rotatable bonds is 0. The van der Waals surface area contributed by atoms with E-state index in [1.165, 1.54) is 22.3 Å². The molecule has 0 radical (unpaired) electrons. The summed E-state index contributed by atoms with van der Waals surface area (Å²) in [6.45, 7) is 6.30. The number of benzene rings is 1. The van der Waals surface area contributed by atoms with Crippen LogP contribution in [0.15, 0.2) is 33.8 Å². The smallest absolute Gasteiger partial charge is 0.161 e. The summed E-state index contributed by atoms with van der Waals surface area (Å²) in [5.41, 5.74) is 7.21. The number of hydrogen-bond donors (Lipinski definition) is 0. The van der Waals surface area contributed by atoms with Crippen LogP contribution in [0.4, 0.5) is 5.69 Å². The largest absolute Gasteiger partial charge is 0.233 e. The highest BCUT2D eigenvalue weighted by atomic mass is 15.0. The summed E-state index contributed by atoms with van der Waals surface area (Å²) in [7, 11) is 0. The van der Waals surface area contributed by atoms with Crippen molar-refractivity contribution in [2.45, 2.75) is 20.8 Å². The molecule has 1 aromatic rings. The Bertz CT molecular complexity index is 560. The van der Waals surface area contributed by atoms with Gasteiger partial charge in [0.25, 0.3) is 0 Å². The van der Waals surface area contributed by atoms with Gasteiger partial charge in [0.05, 0.1) is 5.69 Å². The molecule has 0 aliphatic carbocycles. The van der Waals surface area contributed by atoms with E-state index in [9.17, 15) is 0 Å². The van der Waals surface area contributed by atoms with Crippen molar-refractivity contribution in [3.05, 3.63) is 34.9 Å². The Hall–Kier alpha value is -1.70. The van der Waals surface area contributed by atoms with Gasteiger partial charge in [-0.1, -0.05) is 12.1 Å². The summed E-state index contributed by atoms with van der Waals surface area (Å²) in [5, 5.41) is 0. The summed E-state index contributed by atoms with van der Waals surface area (Å²) < 4.78 is 0. The Morgan fingerprint density at radius 3 is 2.60 bits per heavy atom. The van der Waals surface area contributed by atoms with Crippen LogP contribution in [-0.2, 0) is 0 Å². The molecule has 0 amide bonds. The Balaban J connectivity index is 2.35. The van der Waals surface area contributed by atoms with Gasteiger partial charge < -0.3 is 0 Å². The van der Waals surface area contributed by atoms with E-state index in [2.05, 4.69) is 36.0 Å². The number of fused-ring (bicyclic) bond motifs is 3. The lowest BCUT2D eigenvalue weighted by Gasteiger charge is -2.04. The molecule has 0 saturated heterocycles. The Morgan fingerprint density at radius 2 is 1.80 bits per heavy atom. The molecular formula is C13H12N2. The lowest BCUT2D eigenvalue weighted by atomic mass is 9.97. The van der Waals surface area contributed by atoms with Gasteiger partial charge in [-0.15, -0.1) is 0 Å². The standard InChI is InChI=1S/C13H12N2/c1-7-5-4-6-10-11(7)12-8(2)9(3)14-13(12)15-10/h4-6H,1-3H3. The molecule has 0 fully saturated rings. The first kappa shape index (κ1) is 8.60. The average Bonchev–Trinajstić information content (AvgIpc) is 2.66. The van der Waals surface area contributed by atoms with Crippen molar-refractivity contribution in [3.8, 4) is 0 Å². The van der Waals surface area contributed by atoms with Crippen molar-refractivity contribution in [1.29, 1.82) is 0 Å². The van der Waals surface area contributed by atoms with Gasteiger partial charge in [-0.2, -0.15) is 0 Å². The lowest BCUT2D eigenvalue weighted by molar-refractivity contribution is 1.41. The van der Waals surface area contributed by atoms with Gasteiger partial charge in [0, 0.05) is 16.8 Å². The van der Waals surface area contributed by atoms with Crippen LogP contribution in [0.3, 0.4) is 0 Å². The van der Waals surface area contributed by atoms with Crippen molar-refractivity contribution >= 4 is 22.8 Å². The maximum atomic E-state index is 4.55. The van der Waals surface area contributed by atoms with Crippen LogP contribution < -0.4 is 0 Å². The zero-order valence-electron chi connectivity index (χ0n) is 9.13. The maximum absolute atomic E-state index is 4.55. The monoisotopic (exact) mass is 196 g/mol. The van der Waals surface area contributed by atoms with Crippen molar-refractivity contribution in [1.82, 2.24) is 0 Å². The summed E-state index contributed by atoms with van der Waals surface area (Å²) in [6, 6.07) is 6.23. The van der Waals surface area contributed by atoms with Crippen LogP contribution in [0.2, 0.25) is 0 Å². The summed E-state index contributed by atoms with van der Waals surface area (Å²) in [5.74, 6) is 0.898. The minimum atomic E-state index is 0.898. The molecule has 2 nitrogen and oxygen atoms in total. The molecule has 15 heavy (non-hydrogen) atoms. The van der Waals surface area contributed by atoms with E-state index in [4.69, 9.17) is 0 Å². The van der Waals surface area contributed by atoms with E-state index in [-0.39, 0.29) is 0 Å². The highest BCUT2D eigenvalue weighted by Crippen LogP contribution is 2.41. The zero-order valence-corrected chi connectivity index (χ0v) is 9.13. The van der Waals surface area contributed by atoms with Crippen molar-refractivity contribution < 1.29 is 0 Å². The number of amidine groups is 1. The molecule has 0 N–H and O–H groups in total. The number of allylic oxidation sites excluding steroid dienone is 1. The highest BCUT2D eigenvalue weighted by molar-refractivity contribution is 6.40.